The van der Waals surface area contributed by atoms with Gasteiger partial charge in [-0.1, -0.05) is 0 Å². The van der Waals surface area contributed by atoms with Crippen LogP contribution in [0.3, 0.4) is 0 Å². The summed E-state index contributed by atoms with van der Waals surface area (Å²) in [6.07, 6.45) is 3.31. The van der Waals surface area contributed by atoms with Crippen LogP contribution in [0, 0.1) is 13.8 Å². The highest BCUT2D eigenvalue weighted by atomic mass is 32.1. The second-order valence-electron chi connectivity index (χ2n) is 6.70. The van der Waals surface area contributed by atoms with Gasteiger partial charge in [-0.25, -0.2) is 0 Å². The topological polar surface area (TPSA) is 36.9 Å². The fraction of sp³-hybridized carbons (Fsp3) is 0.474. The number of thiophene rings is 2. The summed E-state index contributed by atoms with van der Waals surface area (Å²) in [5.41, 5.74) is 5.08. The Labute approximate surface area is 170 Å². The number of aryl methyl sites for hydroxylation is 2. The molecule has 0 atom stereocenters. The molecule has 0 unspecified atom stereocenters. The van der Waals surface area contributed by atoms with E-state index in [2.05, 4.69) is 26.0 Å². The summed E-state index contributed by atoms with van der Waals surface area (Å²) in [6.45, 7) is 4.28. The molecule has 0 spiro atoms. The van der Waals surface area contributed by atoms with Crippen LogP contribution >= 0.6 is 22.7 Å². The summed E-state index contributed by atoms with van der Waals surface area (Å²) in [7, 11) is 6.09. The summed E-state index contributed by atoms with van der Waals surface area (Å²) in [4.78, 5) is 5.12. The van der Waals surface area contributed by atoms with E-state index in [1.165, 1.54) is 30.7 Å². The van der Waals surface area contributed by atoms with Gasteiger partial charge in [0.2, 0.25) is 0 Å². The first-order valence-electron chi connectivity index (χ1n) is 9.08. The minimum absolute atomic E-state index is 0.338. The van der Waals surface area contributed by atoms with E-state index in [1.54, 1.807) is 28.4 Å². The Bertz CT molecular complexity index is 754. The van der Waals surface area contributed by atoms with E-state index in [9.17, 15) is 0 Å². The Morgan fingerprint density at radius 1 is 0.704 bits per heavy atom. The molecule has 0 amide bonds. The van der Waals surface area contributed by atoms with Crippen molar-refractivity contribution < 1.29 is 18.6 Å². The predicted molar refractivity (Wildman–Crippen MR) is 118 cm³/mol. The molecule has 2 aromatic heterocycles. The third-order valence-electron chi connectivity index (χ3n) is 4.90. The summed E-state index contributed by atoms with van der Waals surface area (Å²) in [5.74, 6) is 0. The number of allylic oxidation sites excluding steroid dienone is 2. The molecule has 0 N–H and O–H groups in total. The van der Waals surface area contributed by atoms with Crippen molar-refractivity contribution in [3.8, 4) is 0 Å². The zero-order valence-electron chi connectivity index (χ0n) is 16.9. The molecule has 0 radical (unpaired) electrons. The molecule has 8 heteroatoms. The average Bonchev–Trinajstić information content (AvgIpc) is 3.35. The number of rotatable bonds is 8. The lowest BCUT2D eigenvalue weighted by Gasteiger charge is -2.14. The molecule has 2 heterocycles. The molecule has 0 aromatic carbocycles. The third-order valence-corrected chi connectivity index (χ3v) is 7.15. The van der Waals surface area contributed by atoms with Crippen molar-refractivity contribution in [1.29, 1.82) is 0 Å². The van der Waals surface area contributed by atoms with E-state index in [-0.39, 0.29) is 14.2 Å². The Morgan fingerprint density at radius 3 is 1.41 bits per heavy atom. The number of hydrogen-bond acceptors (Lipinski definition) is 6. The molecule has 1 aliphatic rings. The van der Waals surface area contributed by atoms with Gasteiger partial charge in [-0.2, -0.15) is 0 Å². The van der Waals surface area contributed by atoms with Gasteiger partial charge in [0.05, 0.1) is 0 Å². The maximum Gasteiger partial charge on any atom is 0.494 e. The smallest absolute Gasteiger partial charge is 0.410 e. The normalized spacial score (nSPS) is 14.3. The van der Waals surface area contributed by atoms with Crippen LogP contribution in [0.25, 0.3) is 11.1 Å². The predicted octanol–water partition coefficient (Wildman–Crippen LogP) is 3.50. The molecule has 0 saturated carbocycles. The van der Waals surface area contributed by atoms with Crippen molar-refractivity contribution in [3.63, 3.8) is 0 Å². The molecule has 0 saturated heterocycles. The second-order valence-corrected chi connectivity index (χ2v) is 9.21. The van der Waals surface area contributed by atoms with Crippen LogP contribution in [0.15, 0.2) is 12.1 Å². The fourth-order valence-corrected chi connectivity index (χ4v) is 6.09. The fourth-order valence-electron chi connectivity index (χ4n) is 3.83. The summed E-state index contributed by atoms with van der Waals surface area (Å²) in [6, 6.07) is 4.38. The van der Waals surface area contributed by atoms with E-state index >= 15 is 0 Å². The molecule has 1 aliphatic carbocycles. The van der Waals surface area contributed by atoms with Crippen LogP contribution in [0.2, 0.25) is 0 Å². The molecule has 3 rings (SSSR count). The van der Waals surface area contributed by atoms with E-state index in [4.69, 9.17) is 18.6 Å². The largest absolute Gasteiger partial charge is 0.494 e. The molecule has 144 valence electrons. The lowest BCUT2D eigenvalue weighted by molar-refractivity contribution is 0.291. The van der Waals surface area contributed by atoms with Gasteiger partial charge in [0, 0.05) is 58.9 Å². The van der Waals surface area contributed by atoms with E-state index in [1.807, 2.05) is 22.7 Å². The van der Waals surface area contributed by atoms with Crippen molar-refractivity contribution in [3.05, 3.63) is 31.6 Å². The van der Waals surface area contributed by atoms with Crippen LogP contribution in [0.4, 0.5) is 0 Å². The summed E-state index contributed by atoms with van der Waals surface area (Å²) in [5, 5.41) is 0. The Morgan fingerprint density at radius 2 is 1.07 bits per heavy atom. The van der Waals surface area contributed by atoms with Gasteiger partial charge < -0.3 is 18.6 Å². The molecule has 4 nitrogen and oxygen atoms in total. The Kier molecular flexibility index (Phi) is 7.00. The number of hydrogen-bond donors (Lipinski definition) is 0. The Hall–Kier alpha value is -0.890. The second kappa shape index (κ2) is 9.07. The first-order chi connectivity index (χ1) is 13.0. The third kappa shape index (κ3) is 4.11. The van der Waals surface area contributed by atoms with Crippen LogP contribution in [0.5, 0.6) is 0 Å². The van der Waals surface area contributed by atoms with Gasteiger partial charge in [-0.3, -0.25) is 0 Å². The molecular weight excluding hydrogens is 378 g/mol. The van der Waals surface area contributed by atoms with Crippen LogP contribution in [0.1, 0.15) is 38.8 Å². The molecule has 0 fully saturated rings. The van der Waals surface area contributed by atoms with Gasteiger partial charge in [-0.15, -0.1) is 22.7 Å². The van der Waals surface area contributed by atoms with E-state index < -0.39 is 0 Å². The van der Waals surface area contributed by atoms with Crippen molar-refractivity contribution >= 4 is 59.0 Å². The van der Waals surface area contributed by atoms with Crippen molar-refractivity contribution in [2.75, 3.05) is 28.4 Å². The zero-order chi connectivity index (χ0) is 19.6. The minimum atomic E-state index is -0.338. The van der Waals surface area contributed by atoms with Crippen molar-refractivity contribution in [2.24, 2.45) is 0 Å². The van der Waals surface area contributed by atoms with Gasteiger partial charge in [-0.05, 0) is 56.4 Å². The molecule has 27 heavy (non-hydrogen) atoms. The maximum absolute atomic E-state index is 5.57. The van der Waals surface area contributed by atoms with Gasteiger partial charge >= 0.3 is 14.2 Å². The van der Waals surface area contributed by atoms with Crippen LogP contribution < -0.4 is 10.9 Å². The van der Waals surface area contributed by atoms with E-state index in [0.717, 1.165) is 30.2 Å². The highest BCUT2D eigenvalue weighted by Gasteiger charge is 2.32. The van der Waals surface area contributed by atoms with Crippen molar-refractivity contribution in [1.82, 2.24) is 0 Å². The SMILES string of the molecule is COB(OC)c1cc(C)sc1C1=C(c2sc(C)cc2B(OC)OC)CCC1. The monoisotopic (exact) mass is 404 g/mol. The average molecular weight is 404 g/mol. The van der Waals surface area contributed by atoms with Crippen LogP contribution in [-0.2, 0) is 18.6 Å². The van der Waals surface area contributed by atoms with Crippen molar-refractivity contribution in [2.45, 2.75) is 33.1 Å². The molecular formula is C19H26B2O4S2. The van der Waals surface area contributed by atoms with Gasteiger partial charge in [0.15, 0.2) is 0 Å². The lowest BCUT2D eigenvalue weighted by Crippen LogP contribution is -2.36. The Balaban J connectivity index is 2.14. The molecule has 0 aliphatic heterocycles. The maximum atomic E-state index is 5.57. The first kappa shape index (κ1) is 20.8. The summed E-state index contributed by atoms with van der Waals surface area (Å²) < 4.78 is 22.3. The highest BCUT2D eigenvalue weighted by molar-refractivity contribution is 7.15. The lowest BCUT2D eigenvalue weighted by atomic mass is 9.76. The zero-order valence-corrected chi connectivity index (χ0v) is 18.5. The first-order valence-corrected chi connectivity index (χ1v) is 10.7. The van der Waals surface area contributed by atoms with E-state index in [0.29, 0.717) is 0 Å². The van der Waals surface area contributed by atoms with Gasteiger partial charge in [0.1, 0.15) is 0 Å². The van der Waals surface area contributed by atoms with Gasteiger partial charge in [0.25, 0.3) is 0 Å². The molecule has 0 bridgehead atoms. The highest BCUT2D eigenvalue weighted by Crippen LogP contribution is 2.43. The standard InChI is InChI=1S/C19H26B2O4S2/c1-12-10-16(20(22-3)23-4)18(26-12)14-8-7-9-15(14)19-17(11-13(2)27-19)21(24-5)25-6/h10-11H,7-9H2,1-6H3. The minimum Gasteiger partial charge on any atom is -0.410 e. The molecule has 2 aromatic rings. The van der Waals surface area contributed by atoms with Crippen LogP contribution in [-0.4, -0.2) is 42.7 Å². The quantitative estimate of drug-likeness (QED) is 0.632. The summed E-state index contributed by atoms with van der Waals surface area (Å²) >= 11 is 3.65.